The van der Waals surface area contributed by atoms with Gasteiger partial charge in [0, 0.05) is 12.2 Å². The fourth-order valence-electron chi connectivity index (χ4n) is 2.79. The third kappa shape index (κ3) is 3.33. The Bertz CT molecular complexity index is 896. The fraction of sp³-hybridized carbons (Fsp3) is 0.278. The molecule has 1 aliphatic heterocycles. The minimum absolute atomic E-state index is 0.129. The van der Waals surface area contributed by atoms with E-state index in [1.165, 1.54) is 11.3 Å². The number of hydrogen-bond donors (Lipinski definition) is 1. The van der Waals surface area contributed by atoms with Crippen LogP contribution in [0.2, 0.25) is 0 Å². The van der Waals surface area contributed by atoms with Crippen LogP contribution in [0.25, 0.3) is 22.2 Å². The highest BCUT2D eigenvalue weighted by Crippen LogP contribution is 2.34. The van der Waals surface area contributed by atoms with Crippen molar-refractivity contribution in [3.8, 4) is 22.2 Å². The molecule has 25 heavy (non-hydrogen) atoms. The lowest BCUT2D eigenvalue weighted by molar-refractivity contribution is -0.124. The van der Waals surface area contributed by atoms with E-state index in [0.29, 0.717) is 24.0 Å². The first-order valence-electron chi connectivity index (χ1n) is 8.12. The molecule has 0 saturated carbocycles. The van der Waals surface area contributed by atoms with Crippen LogP contribution in [0.4, 0.5) is 5.69 Å². The number of carbonyl (C=O) groups is 1. The molecule has 1 aromatic carbocycles. The zero-order valence-corrected chi connectivity index (χ0v) is 14.5. The largest absolute Gasteiger partial charge is 0.368 e. The number of thiophene rings is 1. The number of carbonyl (C=O) groups excluding carboxylic acids is 1. The lowest BCUT2D eigenvalue weighted by atomic mass is 10.1. The number of amides is 1. The molecule has 1 fully saturated rings. The standard InChI is InChI=1S/C18H17N3O3S/c1-11-4-2-5-12(10-11)16-20-18(24-21-16)15-13(7-9-25-15)19-17(22)14-6-3-8-23-14/h2,4-5,7,9-10,14H,3,6,8H2,1H3,(H,19,22). The Morgan fingerprint density at radius 2 is 2.28 bits per heavy atom. The number of benzene rings is 1. The highest BCUT2D eigenvalue weighted by Gasteiger charge is 2.25. The number of nitrogens with one attached hydrogen (secondary N) is 1. The molecule has 1 amide bonds. The summed E-state index contributed by atoms with van der Waals surface area (Å²) in [4.78, 5) is 17.5. The molecular weight excluding hydrogens is 338 g/mol. The summed E-state index contributed by atoms with van der Waals surface area (Å²) in [6.07, 6.45) is 1.29. The van der Waals surface area contributed by atoms with Crippen molar-refractivity contribution in [3.63, 3.8) is 0 Å². The molecule has 7 heteroatoms. The molecule has 1 saturated heterocycles. The van der Waals surface area contributed by atoms with Crippen LogP contribution < -0.4 is 5.32 Å². The second-order valence-corrected chi connectivity index (χ2v) is 6.86. The number of nitrogens with zero attached hydrogens (tertiary/aromatic N) is 2. The van der Waals surface area contributed by atoms with E-state index < -0.39 is 0 Å². The van der Waals surface area contributed by atoms with Gasteiger partial charge in [-0.2, -0.15) is 4.98 Å². The summed E-state index contributed by atoms with van der Waals surface area (Å²) in [5, 5.41) is 8.86. The fourth-order valence-corrected chi connectivity index (χ4v) is 3.56. The van der Waals surface area contributed by atoms with Crippen molar-refractivity contribution in [3.05, 3.63) is 41.3 Å². The van der Waals surface area contributed by atoms with Crippen molar-refractivity contribution in [2.75, 3.05) is 11.9 Å². The monoisotopic (exact) mass is 355 g/mol. The third-order valence-corrected chi connectivity index (χ3v) is 4.94. The number of hydrogen-bond acceptors (Lipinski definition) is 6. The van der Waals surface area contributed by atoms with Crippen LogP contribution in [0, 0.1) is 6.92 Å². The normalized spacial score (nSPS) is 16.9. The third-order valence-electron chi connectivity index (χ3n) is 4.04. The SMILES string of the molecule is Cc1cccc(-c2noc(-c3sccc3NC(=O)C3CCCO3)n2)c1. The summed E-state index contributed by atoms with van der Waals surface area (Å²) < 4.78 is 10.8. The van der Waals surface area contributed by atoms with Crippen molar-refractivity contribution in [1.82, 2.24) is 10.1 Å². The highest BCUT2D eigenvalue weighted by molar-refractivity contribution is 7.14. The van der Waals surface area contributed by atoms with Crippen LogP contribution >= 0.6 is 11.3 Å². The van der Waals surface area contributed by atoms with Crippen LogP contribution in [-0.2, 0) is 9.53 Å². The molecule has 4 rings (SSSR count). The van der Waals surface area contributed by atoms with Gasteiger partial charge in [-0.3, -0.25) is 4.79 Å². The van der Waals surface area contributed by atoms with Gasteiger partial charge in [0.25, 0.3) is 11.8 Å². The first-order valence-corrected chi connectivity index (χ1v) is 9.00. The minimum atomic E-state index is -0.377. The van der Waals surface area contributed by atoms with Crippen LogP contribution in [0.15, 0.2) is 40.2 Å². The van der Waals surface area contributed by atoms with E-state index >= 15 is 0 Å². The topological polar surface area (TPSA) is 77.2 Å². The van der Waals surface area contributed by atoms with E-state index in [9.17, 15) is 4.79 Å². The average molecular weight is 355 g/mol. The molecule has 3 aromatic rings. The molecule has 6 nitrogen and oxygen atoms in total. The van der Waals surface area contributed by atoms with E-state index in [1.807, 2.05) is 42.6 Å². The molecule has 3 heterocycles. The maximum atomic E-state index is 12.3. The van der Waals surface area contributed by atoms with Crippen LogP contribution in [-0.4, -0.2) is 28.8 Å². The predicted octanol–water partition coefficient (Wildman–Crippen LogP) is 3.89. The van der Waals surface area contributed by atoms with Gasteiger partial charge in [0.05, 0.1) is 5.69 Å². The molecule has 2 aromatic heterocycles. The van der Waals surface area contributed by atoms with Crippen LogP contribution in [0.5, 0.6) is 0 Å². The van der Waals surface area contributed by atoms with Gasteiger partial charge in [0.1, 0.15) is 11.0 Å². The maximum Gasteiger partial charge on any atom is 0.270 e. The highest BCUT2D eigenvalue weighted by atomic mass is 32.1. The van der Waals surface area contributed by atoms with Crippen molar-refractivity contribution in [2.24, 2.45) is 0 Å². The van der Waals surface area contributed by atoms with Gasteiger partial charge in [-0.15, -0.1) is 11.3 Å². The lowest BCUT2D eigenvalue weighted by Crippen LogP contribution is -2.26. The number of aromatic nitrogens is 2. The van der Waals surface area contributed by atoms with Gasteiger partial charge in [-0.1, -0.05) is 28.9 Å². The number of rotatable bonds is 4. The van der Waals surface area contributed by atoms with Crippen molar-refractivity contribution in [2.45, 2.75) is 25.9 Å². The van der Waals surface area contributed by atoms with E-state index in [0.717, 1.165) is 28.8 Å². The zero-order chi connectivity index (χ0) is 17.2. The van der Waals surface area contributed by atoms with Gasteiger partial charge in [0.15, 0.2) is 0 Å². The minimum Gasteiger partial charge on any atom is -0.368 e. The number of ether oxygens (including phenoxy) is 1. The molecule has 0 spiro atoms. The molecular formula is C18H17N3O3S. The molecule has 0 bridgehead atoms. The van der Waals surface area contributed by atoms with E-state index in [1.54, 1.807) is 0 Å². The average Bonchev–Trinajstić information content (AvgIpc) is 3.36. The molecule has 0 radical (unpaired) electrons. The first kappa shape index (κ1) is 16.0. The second-order valence-electron chi connectivity index (χ2n) is 5.95. The van der Waals surface area contributed by atoms with Crippen LogP contribution in [0.3, 0.4) is 0 Å². The summed E-state index contributed by atoms with van der Waals surface area (Å²) in [7, 11) is 0. The van der Waals surface area contributed by atoms with Crippen molar-refractivity contribution in [1.29, 1.82) is 0 Å². The van der Waals surface area contributed by atoms with Crippen molar-refractivity contribution < 1.29 is 14.1 Å². The Balaban J connectivity index is 1.57. The maximum absolute atomic E-state index is 12.3. The molecule has 1 aliphatic rings. The predicted molar refractivity (Wildman–Crippen MR) is 95.4 cm³/mol. The van der Waals surface area contributed by atoms with Gasteiger partial charge in [-0.25, -0.2) is 0 Å². The number of aryl methyl sites for hydroxylation is 1. The summed E-state index contributed by atoms with van der Waals surface area (Å²) in [6.45, 7) is 2.65. The summed E-state index contributed by atoms with van der Waals surface area (Å²) in [5.41, 5.74) is 2.70. The van der Waals surface area contributed by atoms with Gasteiger partial charge in [-0.05, 0) is 37.3 Å². The molecule has 1 N–H and O–H groups in total. The molecule has 1 atom stereocenters. The first-order chi connectivity index (χ1) is 12.2. The molecule has 1 unspecified atom stereocenters. The smallest absolute Gasteiger partial charge is 0.270 e. The molecule has 0 aliphatic carbocycles. The van der Waals surface area contributed by atoms with Gasteiger partial charge in [0.2, 0.25) is 5.82 Å². The summed E-state index contributed by atoms with van der Waals surface area (Å²) in [5.74, 6) is 0.799. The van der Waals surface area contributed by atoms with Crippen LogP contribution in [0.1, 0.15) is 18.4 Å². The Hall–Kier alpha value is -2.51. The van der Waals surface area contributed by atoms with Gasteiger partial charge < -0.3 is 14.6 Å². The van der Waals surface area contributed by atoms with Crippen molar-refractivity contribution >= 4 is 22.9 Å². The Morgan fingerprint density at radius 3 is 3.08 bits per heavy atom. The summed E-state index contributed by atoms with van der Waals surface area (Å²) >= 11 is 1.45. The Labute approximate surface area is 148 Å². The Kier molecular flexibility index (Phi) is 4.33. The second kappa shape index (κ2) is 6.78. The molecule has 128 valence electrons. The quantitative estimate of drug-likeness (QED) is 0.768. The zero-order valence-electron chi connectivity index (χ0n) is 13.7. The van der Waals surface area contributed by atoms with E-state index in [4.69, 9.17) is 9.26 Å². The summed E-state index contributed by atoms with van der Waals surface area (Å²) in [6, 6.07) is 9.75. The van der Waals surface area contributed by atoms with E-state index in [2.05, 4.69) is 15.5 Å². The number of anilines is 1. The van der Waals surface area contributed by atoms with E-state index in [-0.39, 0.29) is 12.0 Å². The lowest BCUT2D eigenvalue weighted by Gasteiger charge is -2.09. The van der Waals surface area contributed by atoms with Gasteiger partial charge >= 0.3 is 0 Å². The Morgan fingerprint density at radius 1 is 1.36 bits per heavy atom.